The Morgan fingerprint density at radius 1 is 1.24 bits per heavy atom. The van der Waals surface area contributed by atoms with Gasteiger partial charge in [0.1, 0.15) is 11.3 Å². The lowest BCUT2D eigenvalue weighted by molar-refractivity contribution is 0.243. The van der Waals surface area contributed by atoms with Gasteiger partial charge >= 0.3 is 0 Å². The van der Waals surface area contributed by atoms with Crippen molar-refractivity contribution in [1.29, 1.82) is 0 Å². The molecule has 6 heteroatoms. The van der Waals surface area contributed by atoms with Gasteiger partial charge in [-0.25, -0.2) is 0 Å². The number of nitrogens with two attached hydrogens (primary N) is 1. The first-order chi connectivity index (χ1) is 10.0. The molecule has 21 heavy (non-hydrogen) atoms. The highest BCUT2D eigenvalue weighted by Crippen LogP contribution is 2.23. The fourth-order valence-corrected chi connectivity index (χ4v) is 1.91. The smallest absolute Gasteiger partial charge is 0.264 e. The molecule has 108 valence electrons. The summed E-state index contributed by atoms with van der Waals surface area (Å²) in [5.74, 6) is 1.52. The lowest BCUT2D eigenvalue weighted by Crippen LogP contribution is -2.30. The van der Waals surface area contributed by atoms with E-state index in [0.29, 0.717) is 17.5 Å². The minimum absolute atomic E-state index is 0.179. The number of pyridine rings is 1. The highest BCUT2D eigenvalue weighted by molar-refractivity contribution is 5.84. The molecule has 0 saturated carbocycles. The molecule has 6 nitrogen and oxygen atoms in total. The average molecular weight is 284 g/mol. The molecule has 0 spiro atoms. The summed E-state index contributed by atoms with van der Waals surface area (Å²) in [5, 5.41) is 4.87. The molecular formula is C15H16N4O2. The van der Waals surface area contributed by atoms with Gasteiger partial charge in [0, 0.05) is 11.6 Å². The Labute approximate surface area is 121 Å². The minimum Gasteiger partial charge on any atom is -0.481 e. The van der Waals surface area contributed by atoms with Crippen molar-refractivity contribution in [2.75, 3.05) is 0 Å². The van der Waals surface area contributed by atoms with Crippen molar-refractivity contribution in [3.05, 3.63) is 48.2 Å². The molecule has 0 amide bonds. The summed E-state index contributed by atoms with van der Waals surface area (Å²) in [4.78, 5) is 8.55. The number of rotatable bonds is 4. The lowest BCUT2D eigenvalue weighted by atomic mass is 10.1. The minimum atomic E-state index is -0.636. The van der Waals surface area contributed by atoms with E-state index in [-0.39, 0.29) is 6.61 Å². The molecule has 3 rings (SSSR count). The van der Waals surface area contributed by atoms with Gasteiger partial charge in [0.25, 0.3) is 5.89 Å². The van der Waals surface area contributed by atoms with Crippen LogP contribution in [0.4, 0.5) is 0 Å². The number of aromatic nitrogens is 3. The Kier molecular flexibility index (Phi) is 3.31. The van der Waals surface area contributed by atoms with Crippen LogP contribution in [0.3, 0.4) is 0 Å². The molecular weight excluding hydrogens is 268 g/mol. The summed E-state index contributed by atoms with van der Waals surface area (Å²) >= 11 is 0. The Bertz CT molecular complexity index is 756. The molecule has 0 radical (unpaired) electrons. The van der Waals surface area contributed by atoms with Crippen LogP contribution in [0.5, 0.6) is 5.75 Å². The van der Waals surface area contributed by atoms with Crippen LogP contribution in [-0.4, -0.2) is 15.1 Å². The predicted molar refractivity (Wildman–Crippen MR) is 77.6 cm³/mol. The van der Waals surface area contributed by atoms with Crippen LogP contribution in [0.1, 0.15) is 25.6 Å². The fourth-order valence-electron chi connectivity index (χ4n) is 1.91. The predicted octanol–water partition coefficient (Wildman–Crippen LogP) is 2.39. The first-order valence-corrected chi connectivity index (χ1v) is 6.62. The number of para-hydroxylation sites is 1. The first kappa shape index (κ1) is 13.5. The highest BCUT2D eigenvalue weighted by Gasteiger charge is 2.21. The van der Waals surface area contributed by atoms with Gasteiger partial charge in [0.15, 0.2) is 12.4 Å². The number of ether oxygens (including phenoxy) is 1. The van der Waals surface area contributed by atoms with Crippen molar-refractivity contribution in [3.63, 3.8) is 0 Å². The molecule has 0 unspecified atom stereocenters. The van der Waals surface area contributed by atoms with Crippen LogP contribution in [0.25, 0.3) is 10.9 Å². The van der Waals surface area contributed by atoms with Crippen molar-refractivity contribution in [3.8, 4) is 5.75 Å². The third-order valence-corrected chi connectivity index (χ3v) is 2.99. The zero-order chi connectivity index (χ0) is 14.9. The topological polar surface area (TPSA) is 87.1 Å². The van der Waals surface area contributed by atoms with Gasteiger partial charge in [-0.2, -0.15) is 4.98 Å². The third-order valence-electron chi connectivity index (χ3n) is 2.99. The highest BCUT2D eigenvalue weighted by atomic mass is 16.5. The Morgan fingerprint density at radius 2 is 2.05 bits per heavy atom. The van der Waals surface area contributed by atoms with Crippen molar-refractivity contribution >= 4 is 10.9 Å². The second-order valence-corrected chi connectivity index (χ2v) is 5.35. The molecule has 0 fully saturated rings. The first-order valence-electron chi connectivity index (χ1n) is 6.62. The Hall–Kier alpha value is -2.47. The SMILES string of the molecule is CC(C)(N)c1noc(COc2cccc3cccnc23)n1. The summed E-state index contributed by atoms with van der Waals surface area (Å²) < 4.78 is 10.9. The van der Waals surface area contributed by atoms with Gasteiger partial charge in [0.2, 0.25) is 0 Å². The van der Waals surface area contributed by atoms with Crippen LogP contribution in [0, 0.1) is 0 Å². The van der Waals surface area contributed by atoms with E-state index >= 15 is 0 Å². The molecule has 2 heterocycles. The Balaban J connectivity index is 1.79. The number of nitrogens with zero attached hydrogens (tertiary/aromatic N) is 3. The summed E-state index contributed by atoms with van der Waals surface area (Å²) in [7, 11) is 0. The summed E-state index contributed by atoms with van der Waals surface area (Å²) in [6.07, 6.45) is 1.73. The van der Waals surface area contributed by atoms with Crippen LogP contribution in [0.2, 0.25) is 0 Å². The van der Waals surface area contributed by atoms with Crippen molar-refractivity contribution in [2.45, 2.75) is 26.0 Å². The van der Waals surface area contributed by atoms with Gasteiger partial charge in [-0.05, 0) is 26.0 Å². The summed E-state index contributed by atoms with van der Waals surface area (Å²) in [5.41, 5.74) is 6.08. The molecule has 0 atom stereocenters. The molecule has 2 N–H and O–H groups in total. The molecule has 0 aliphatic rings. The Morgan fingerprint density at radius 3 is 2.81 bits per heavy atom. The molecule has 3 aromatic rings. The number of hydrogen-bond donors (Lipinski definition) is 1. The second kappa shape index (κ2) is 5.14. The van der Waals surface area contributed by atoms with E-state index in [1.54, 1.807) is 6.20 Å². The van der Waals surface area contributed by atoms with E-state index in [1.807, 2.05) is 44.2 Å². The van der Waals surface area contributed by atoms with Gasteiger partial charge in [-0.1, -0.05) is 23.4 Å². The van der Waals surface area contributed by atoms with E-state index in [1.165, 1.54) is 0 Å². The van der Waals surface area contributed by atoms with E-state index in [4.69, 9.17) is 15.0 Å². The van der Waals surface area contributed by atoms with Crippen molar-refractivity contribution in [2.24, 2.45) is 5.73 Å². The number of benzene rings is 1. The quantitative estimate of drug-likeness (QED) is 0.791. The number of hydrogen-bond acceptors (Lipinski definition) is 6. The monoisotopic (exact) mass is 284 g/mol. The van der Waals surface area contributed by atoms with E-state index in [9.17, 15) is 0 Å². The number of fused-ring (bicyclic) bond motifs is 1. The zero-order valence-electron chi connectivity index (χ0n) is 11.9. The molecule has 2 aromatic heterocycles. The molecule has 1 aromatic carbocycles. The zero-order valence-corrected chi connectivity index (χ0v) is 11.9. The molecule has 0 aliphatic carbocycles. The van der Waals surface area contributed by atoms with Gasteiger partial charge in [-0.15, -0.1) is 0 Å². The van der Waals surface area contributed by atoms with Crippen LogP contribution in [0.15, 0.2) is 41.1 Å². The van der Waals surface area contributed by atoms with Crippen molar-refractivity contribution in [1.82, 2.24) is 15.1 Å². The molecule has 0 aliphatic heterocycles. The van der Waals surface area contributed by atoms with E-state index < -0.39 is 5.54 Å². The molecule has 0 saturated heterocycles. The summed E-state index contributed by atoms with van der Waals surface area (Å²) in [6.45, 7) is 3.81. The van der Waals surface area contributed by atoms with Crippen LogP contribution >= 0.6 is 0 Å². The van der Waals surface area contributed by atoms with Crippen molar-refractivity contribution < 1.29 is 9.26 Å². The molecule has 0 bridgehead atoms. The maximum absolute atomic E-state index is 5.92. The van der Waals surface area contributed by atoms with Crippen LogP contribution in [-0.2, 0) is 12.1 Å². The third kappa shape index (κ3) is 2.85. The second-order valence-electron chi connectivity index (χ2n) is 5.35. The van der Waals surface area contributed by atoms with E-state index in [0.717, 1.165) is 10.9 Å². The lowest BCUT2D eigenvalue weighted by Gasteiger charge is -2.11. The maximum atomic E-state index is 5.92. The van der Waals surface area contributed by atoms with Crippen LogP contribution < -0.4 is 10.5 Å². The standard InChI is InChI=1S/C15H16N4O2/c1-15(2,16)14-18-12(21-19-14)9-20-11-7-3-5-10-6-4-8-17-13(10)11/h3-8H,9,16H2,1-2H3. The van der Waals surface area contributed by atoms with Gasteiger partial charge < -0.3 is 15.0 Å². The maximum Gasteiger partial charge on any atom is 0.264 e. The summed E-state index contributed by atoms with van der Waals surface area (Å²) in [6, 6.07) is 9.63. The normalized spacial score (nSPS) is 11.8. The largest absolute Gasteiger partial charge is 0.481 e. The average Bonchev–Trinajstić information content (AvgIpc) is 2.94. The van der Waals surface area contributed by atoms with Gasteiger partial charge in [0.05, 0.1) is 5.54 Å². The fraction of sp³-hybridized carbons (Fsp3) is 0.267. The van der Waals surface area contributed by atoms with Gasteiger partial charge in [-0.3, -0.25) is 4.98 Å². The van der Waals surface area contributed by atoms with E-state index in [2.05, 4.69) is 15.1 Å².